The fourth-order valence-corrected chi connectivity index (χ4v) is 2.32. The van der Waals surface area contributed by atoms with Gasteiger partial charge in [-0.1, -0.05) is 0 Å². The summed E-state index contributed by atoms with van der Waals surface area (Å²) in [6, 6.07) is 1.76. The van der Waals surface area contributed by atoms with Gasteiger partial charge in [-0.05, 0) is 18.4 Å². The molecule has 0 aliphatic heterocycles. The van der Waals surface area contributed by atoms with Gasteiger partial charge in [0, 0.05) is 6.20 Å². The number of carbonyl (C=O) groups excluding carboxylic acids is 2. The molecule has 0 saturated heterocycles. The minimum atomic E-state index is -0.490. The third-order valence-corrected chi connectivity index (χ3v) is 3.24. The van der Waals surface area contributed by atoms with Crippen LogP contribution in [-0.4, -0.2) is 35.2 Å². The van der Waals surface area contributed by atoms with E-state index >= 15 is 0 Å². The lowest BCUT2D eigenvalue weighted by molar-refractivity contribution is 0.0519. The Kier molecular flexibility index (Phi) is 3.96. The summed E-state index contributed by atoms with van der Waals surface area (Å²) in [7, 11) is 1.32. The van der Waals surface area contributed by atoms with Crippen LogP contribution in [0.5, 0.6) is 0 Å². The number of nitrogens with zero attached hydrogens (tertiary/aromatic N) is 2. The van der Waals surface area contributed by atoms with Gasteiger partial charge in [0.25, 0.3) is 0 Å². The summed E-state index contributed by atoms with van der Waals surface area (Å²) in [5.74, 6) is -0.910. The molecule has 2 aromatic heterocycles. The lowest BCUT2D eigenvalue weighted by atomic mass is 10.4. The summed E-state index contributed by atoms with van der Waals surface area (Å²) in [5, 5.41) is 1.77. The maximum absolute atomic E-state index is 11.6. The third-order valence-electron chi connectivity index (χ3n) is 2.36. The van der Waals surface area contributed by atoms with Crippen LogP contribution in [0.1, 0.15) is 27.1 Å². The molecule has 2 aromatic rings. The Balaban J connectivity index is 2.31. The molecule has 0 atom stereocenters. The van der Waals surface area contributed by atoms with Gasteiger partial charge in [-0.25, -0.2) is 14.6 Å². The predicted molar refractivity (Wildman–Crippen MR) is 68.7 cm³/mol. The van der Waals surface area contributed by atoms with E-state index in [1.165, 1.54) is 31.0 Å². The van der Waals surface area contributed by atoms with E-state index in [-0.39, 0.29) is 12.3 Å². The smallest absolute Gasteiger partial charge is 0.358 e. The Labute approximate surface area is 113 Å². The van der Waals surface area contributed by atoms with Gasteiger partial charge in [0.05, 0.1) is 19.4 Å². The number of hydrogen-bond acceptors (Lipinski definition) is 6. The Morgan fingerprint density at radius 1 is 1.42 bits per heavy atom. The van der Waals surface area contributed by atoms with Gasteiger partial charge in [-0.2, -0.15) is 0 Å². The highest BCUT2D eigenvalue weighted by atomic mass is 32.1. The second-order valence-electron chi connectivity index (χ2n) is 3.51. The van der Waals surface area contributed by atoms with Crippen molar-refractivity contribution in [2.45, 2.75) is 6.92 Å². The summed E-state index contributed by atoms with van der Waals surface area (Å²) < 4.78 is 11.1. The molecular weight excluding hydrogens is 268 g/mol. The molecule has 0 amide bonds. The van der Waals surface area contributed by atoms with Crippen molar-refractivity contribution in [3.05, 3.63) is 34.5 Å². The summed E-state index contributed by atoms with van der Waals surface area (Å²) in [5.41, 5.74) is 0.823. The third kappa shape index (κ3) is 2.65. The van der Waals surface area contributed by atoms with Crippen LogP contribution < -0.4 is 0 Å². The van der Waals surface area contributed by atoms with E-state index in [1.807, 2.05) is 0 Å². The number of aromatic nitrogens is 2. The molecule has 0 aliphatic rings. The highest BCUT2D eigenvalue weighted by Crippen LogP contribution is 2.22. The number of esters is 2. The maximum atomic E-state index is 11.6. The van der Waals surface area contributed by atoms with E-state index in [1.54, 1.807) is 22.9 Å². The van der Waals surface area contributed by atoms with Crippen LogP contribution in [-0.2, 0) is 9.47 Å². The van der Waals surface area contributed by atoms with Crippen molar-refractivity contribution >= 4 is 23.3 Å². The van der Waals surface area contributed by atoms with E-state index < -0.39 is 11.9 Å². The van der Waals surface area contributed by atoms with Gasteiger partial charge in [0.1, 0.15) is 11.2 Å². The number of rotatable bonds is 4. The summed E-state index contributed by atoms with van der Waals surface area (Å²) >= 11 is 1.27. The first kappa shape index (κ1) is 13.3. The Morgan fingerprint density at radius 2 is 2.21 bits per heavy atom. The van der Waals surface area contributed by atoms with Crippen LogP contribution in [0.2, 0.25) is 0 Å². The van der Waals surface area contributed by atoms with E-state index in [4.69, 9.17) is 9.47 Å². The summed E-state index contributed by atoms with van der Waals surface area (Å²) in [6.07, 6.45) is 2.98. The van der Waals surface area contributed by atoms with Gasteiger partial charge < -0.3 is 14.0 Å². The molecule has 0 radical (unpaired) electrons. The Morgan fingerprint density at radius 3 is 2.89 bits per heavy atom. The second-order valence-corrected chi connectivity index (χ2v) is 4.43. The number of carbonyl (C=O) groups is 2. The zero-order valence-electron chi connectivity index (χ0n) is 10.5. The molecule has 0 N–H and O–H groups in total. The highest BCUT2D eigenvalue weighted by molar-refractivity contribution is 7.12. The molecule has 0 bridgehead atoms. The normalized spacial score (nSPS) is 10.2. The molecule has 0 spiro atoms. The lowest BCUT2D eigenvalue weighted by Gasteiger charge is -2.02. The second kappa shape index (κ2) is 5.66. The van der Waals surface area contributed by atoms with Crippen LogP contribution in [0.15, 0.2) is 24.0 Å². The molecule has 6 nitrogen and oxygen atoms in total. The summed E-state index contributed by atoms with van der Waals surface area (Å²) in [4.78, 5) is 27.5. The van der Waals surface area contributed by atoms with E-state index in [0.717, 1.165) is 0 Å². The van der Waals surface area contributed by atoms with Gasteiger partial charge in [-0.15, -0.1) is 11.3 Å². The van der Waals surface area contributed by atoms with Crippen LogP contribution in [0.3, 0.4) is 0 Å². The fraction of sp³-hybridized carbons (Fsp3) is 0.250. The lowest BCUT2D eigenvalue weighted by Crippen LogP contribution is -2.05. The minimum absolute atomic E-state index is 0.198. The van der Waals surface area contributed by atoms with E-state index in [2.05, 4.69) is 4.98 Å². The molecule has 100 valence electrons. The number of methoxy groups -OCH3 is 1. The maximum Gasteiger partial charge on any atom is 0.358 e. The van der Waals surface area contributed by atoms with Gasteiger partial charge in [-0.3, -0.25) is 0 Å². The van der Waals surface area contributed by atoms with Gasteiger partial charge >= 0.3 is 11.9 Å². The topological polar surface area (TPSA) is 70.4 Å². The average molecular weight is 280 g/mol. The Bertz CT molecular complexity index is 602. The molecule has 0 fully saturated rings. The number of hydrogen-bond donors (Lipinski definition) is 0. The first-order valence-corrected chi connectivity index (χ1v) is 6.42. The zero-order valence-corrected chi connectivity index (χ0v) is 11.3. The number of imidazole rings is 1. The molecule has 0 aromatic carbocycles. The van der Waals surface area contributed by atoms with Gasteiger partial charge in [0.2, 0.25) is 0 Å². The Hall–Kier alpha value is -2.15. The number of ether oxygens (including phenoxy) is 2. The number of thiophene rings is 1. The quantitative estimate of drug-likeness (QED) is 0.800. The van der Waals surface area contributed by atoms with Crippen LogP contribution in [0.25, 0.3) is 5.69 Å². The highest BCUT2D eigenvalue weighted by Gasteiger charge is 2.17. The van der Waals surface area contributed by atoms with Crippen molar-refractivity contribution in [2.24, 2.45) is 0 Å². The average Bonchev–Trinajstić information content (AvgIpc) is 3.06. The SMILES string of the molecule is CCOC(=O)c1cn(-c2ccsc2C(=O)OC)cn1. The zero-order chi connectivity index (χ0) is 13.8. The van der Waals surface area contributed by atoms with Crippen molar-refractivity contribution in [2.75, 3.05) is 13.7 Å². The first-order valence-electron chi connectivity index (χ1n) is 5.54. The van der Waals surface area contributed by atoms with Crippen molar-refractivity contribution in [3.63, 3.8) is 0 Å². The molecule has 2 rings (SSSR count). The molecule has 19 heavy (non-hydrogen) atoms. The molecule has 0 unspecified atom stereocenters. The van der Waals surface area contributed by atoms with E-state index in [0.29, 0.717) is 10.6 Å². The van der Waals surface area contributed by atoms with Crippen LogP contribution in [0.4, 0.5) is 0 Å². The molecule has 0 aliphatic carbocycles. The van der Waals surface area contributed by atoms with Gasteiger partial charge in [0.15, 0.2) is 5.69 Å². The molecule has 2 heterocycles. The largest absolute Gasteiger partial charge is 0.465 e. The molecule has 7 heteroatoms. The van der Waals surface area contributed by atoms with Crippen molar-refractivity contribution in [1.29, 1.82) is 0 Å². The fourth-order valence-electron chi connectivity index (χ4n) is 1.52. The van der Waals surface area contributed by atoms with E-state index in [9.17, 15) is 9.59 Å². The predicted octanol–water partition coefficient (Wildman–Crippen LogP) is 1.90. The standard InChI is InChI=1S/C12H12N2O4S/c1-3-18-11(15)8-6-14(7-13-8)9-4-5-19-10(9)12(16)17-2/h4-7H,3H2,1-2H3. The minimum Gasteiger partial charge on any atom is -0.465 e. The molecular formula is C12H12N2O4S. The summed E-state index contributed by atoms with van der Waals surface area (Å²) in [6.45, 7) is 2.01. The van der Waals surface area contributed by atoms with Crippen molar-refractivity contribution in [3.8, 4) is 5.69 Å². The van der Waals surface area contributed by atoms with Crippen molar-refractivity contribution in [1.82, 2.24) is 9.55 Å². The molecule has 0 saturated carbocycles. The van der Waals surface area contributed by atoms with Crippen molar-refractivity contribution < 1.29 is 19.1 Å². The van der Waals surface area contributed by atoms with Crippen LogP contribution in [0, 0.1) is 0 Å². The first-order chi connectivity index (χ1) is 9.17. The monoisotopic (exact) mass is 280 g/mol. The van der Waals surface area contributed by atoms with Crippen LogP contribution >= 0.6 is 11.3 Å².